The lowest BCUT2D eigenvalue weighted by Crippen LogP contribution is -2.24. The van der Waals surface area contributed by atoms with Gasteiger partial charge in [0.25, 0.3) is 0 Å². The second-order valence-corrected chi connectivity index (χ2v) is 4.77. The standard InChI is InChI=1S/C11H15N5O4/c1-15-10-8(9(19)14-11(15)12)13-4-16(10)7-2-5(18)6(3-17)20-7/h4-7,17-18H,2-3H2,1H3,(H2,12,14,19)/t5-,6+,7?/m0/s1. The summed E-state index contributed by atoms with van der Waals surface area (Å²) in [5.74, 6) is 0.0708. The molecule has 9 nitrogen and oxygen atoms in total. The van der Waals surface area contributed by atoms with Crippen molar-refractivity contribution in [3.05, 3.63) is 16.7 Å². The summed E-state index contributed by atoms with van der Waals surface area (Å²) in [6.45, 7) is -0.271. The van der Waals surface area contributed by atoms with E-state index in [4.69, 9.17) is 15.6 Å². The highest BCUT2D eigenvalue weighted by atomic mass is 16.5. The van der Waals surface area contributed by atoms with Gasteiger partial charge in [-0.25, -0.2) is 4.98 Å². The molecule has 20 heavy (non-hydrogen) atoms. The van der Waals surface area contributed by atoms with E-state index in [2.05, 4.69) is 9.97 Å². The summed E-state index contributed by atoms with van der Waals surface area (Å²) in [5.41, 5.74) is 5.82. The number of hydrogen-bond acceptors (Lipinski definition) is 7. The molecule has 3 rings (SSSR count). The second-order valence-electron chi connectivity index (χ2n) is 4.77. The van der Waals surface area contributed by atoms with Crippen LogP contribution in [0.25, 0.3) is 11.2 Å². The van der Waals surface area contributed by atoms with Gasteiger partial charge >= 0.3 is 5.56 Å². The maximum Gasteiger partial charge on any atom is 0.302 e. The Morgan fingerprint density at radius 1 is 1.60 bits per heavy atom. The van der Waals surface area contributed by atoms with E-state index in [0.717, 1.165) is 0 Å². The van der Waals surface area contributed by atoms with Gasteiger partial charge in [-0.15, -0.1) is 0 Å². The van der Waals surface area contributed by atoms with Gasteiger partial charge in [0.05, 0.1) is 19.0 Å². The first-order valence-electron chi connectivity index (χ1n) is 6.16. The van der Waals surface area contributed by atoms with Crippen LogP contribution < -0.4 is 11.3 Å². The molecule has 1 unspecified atom stereocenters. The Kier molecular flexibility index (Phi) is 2.96. The summed E-state index contributed by atoms with van der Waals surface area (Å²) in [4.78, 5) is 19.4. The summed E-state index contributed by atoms with van der Waals surface area (Å²) in [5, 5.41) is 18.9. The molecule has 1 saturated heterocycles. The number of hydrogen-bond donors (Lipinski definition) is 3. The molecule has 1 aliphatic heterocycles. The SMILES string of the molecule is Cn1c(N)nc(=O)c2ncn(C3C[C@H](O)[C@@H](CO)O3)c21. The fraction of sp³-hybridized carbons (Fsp3) is 0.545. The van der Waals surface area contributed by atoms with E-state index in [1.54, 1.807) is 11.6 Å². The second kappa shape index (κ2) is 4.54. The number of nitrogens with zero attached hydrogens (tertiary/aromatic N) is 4. The highest BCUT2D eigenvalue weighted by Crippen LogP contribution is 2.30. The molecule has 1 fully saturated rings. The van der Waals surface area contributed by atoms with Gasteiger partial charge in [0.1, 0.15) is 12.3 Å². The Hall–Kier alpha value is -1.97. The molecule has 4 N–H and O–H groups in total. The topological polar surface area (TPSA) is 128 Å². The average molecular weight is 281 g/mol. The normalized spacial score (nSPS) is 26.4. The van der Waals surface area contributed by atoms with Crippen molar-refractivity contribution in [2.24, 2.45) is 7.05 Å². The maximum absolute atomic E-state index is 11.8. The molecule has 2 aromatic heterocycles. The number of aryl methyl sites for hydroxylation is 1. The van der Waals surface area contributed by atoms with E-state index in [1.807, 2.05) is 0 Å². The van der Waals surface area contributed by atoms with Crippen molar-refractivity contribution in [3.63, 3.8) is 0 Å². The number of aliphatic hydroxyl groups is 2. The van der Waals surface area contributed by atoms with E-state index in [-0.39, 0.29) is 18.1 Å². The van der Waals surface area contributed by atoms with E-state index in [1.165, 1.54) is 10.9 Å². The predicted molar refractivity (Wildman–Crippen MR) is 68.8 cm³/mol. The fourth-order valence-corrected chi connectivity index (χ4v) is 2.44. The van der Waals surface area contributed by atoms with Crippen molar-refractivity contribution in [3.8, 4) is 0 Å². The van der Waals surface area contributed by atoms with Crippen LogP contribution in [-0.4, -0.2) is 48.1 Å². The third kappa shape index (κ3) is 1.79. The molecule has 0 aromatic carbocycles. The number of rotatable bonds is 2. The van der Waals surface area contributed by atoms with Crippen LogP contribution in [0.3, 0.4) is 0 Å². The molecule has 0 amide bonds. The van der Waals surface area contributed by atoms with Crippen LogP contribution >= 0.6 is 0 Å². The van der Waals surface area contributed by atoms with Gasteiger partial charge < -0.3 is 20.7 Å². The first kappa shape index (κ1) is 13.0. The molecule has 1 aliphatic rings. The van der Waals surface area contributed by atoms with Crippen molar-refractivity contribution < 1.29 is 14.9 Å². The molecular formula is C11H15N5O4. The summed E-state index contributed by atoms with van der Waals surface area (Å²) < 4.78 is 8.71. The van der Waals surface area contributed by atoms with Crippen LogP contribution in [0.5, 0.6) is 0 Å². The van der Waals surface area contributed by atoms with Crippen molar-refractivity contribution >= 4 is 17.1 Å². The number of fused-ring (bicyclic) bond motifs is 1. The smallest absolute Gasteiger partial charge is 0.302 e. The van der Waals surface area contributed by atoms with E-state index < -0.39 is 24.0 Å². The molecule has 3 heterocycles. The number of imidazole rings is 1. The summed E-state index contributed by atoms with van der Waals surface area (Å²) in [6.07, 6.45) is -0.177. The molecule has 0 radical (unpaired) electrons. The summed E-state index contributed by atoms with van der Waals surface area (Å²) in [7, 11) is 1.66. The Morgan fingerprint density at radius 2 is 2.35 bits per heavy atom. The first-order valence-corrected chi connectivity index (χ1v) is 6.16. The van der Waals surface area contributed by atoms with Gasteiger partial charge in [-0.3, -0.25) is 13.9 Å². The van der Waals surface area contributed by atoms with E-state index >= 15 is 0 Å². The van der Waals surface area contributed by atoms with Gasteiger partial charge in [0.2, 0.25) is 5.95 Å². The van der Waals surface area contributed by atoms with Gasteiger partial charge in [-0.05, 0) is 0 Å². The Morgan fingerprint density at radius 3 is 3.00 bits per heavy atom. The molecule has 0 bridgehead atoms. The van der Waals surface area contributed by atoms with Gasteiger partial charge in [-0.1, -0.05) is 0 Å². The van der Waals surface area contributed by atoms with Crippen molar-refractivity contribution in [2.45, 2.75) is 24.9 Å². The molecule has 3 atom stereocenters. The minimum atomic E-state index is -0.765. The number of anilines is 1. The molecule has 0 saturated carbocycles. The maximum atomic E-state index is 11.8. The Bertz CT molecular complexity index is 709. The van der Waals surface area contributed by atoms with Crippen molar-refractivity contribution in [1.29, 1.82) is 0 Å². The van der Waals surface area contributed by atoms with Crippen LogP contribution in [0, 0.1) is 0 Å². The van der Waals surface area contributed by atoms with Gasteiger partial charge in [0.15, 0.2) is 11.2 Å². The van der Waals surface area contributed by atoms with Crippen LogP contribution in [0.2, 0.25) is 0 Å². The number of aliphatic hydroxyl groups excluding tert-OH is 2. The third-order valence-corrected chi connectivity index (χ3v) is 3.54. The lowest BCUT2D eigenvalue weighted by atomic mass is 10.2. The first-order chi connectivity index (χ1) is 9.52. The van der Waals surface area contributed by atoms with Crippen LogP contribution in [0.15, 0.2) is 11.1 Å². The minimum absolute atomic E-state index is 0.0708. The lowest BCUT2D eigenvalue weighted by Gasteiger charge is -2.15. The molecule has 108 valence electrons. The predicted octanol–water partition coefficient (Wildman–Crippen LogP) is -1.65. The zero-order valence-corrected chi connectivity index (χ0v) is 10.8. The van der Waals surface area contributed by atoms with Gasteiger partial charge in [0, 0.05) is 13.5 Å². The van der Waals surface area contributed by atoms with E-state index in [0.29, 0.717) is 12.1 Å². The molecule has 0 spiro atoms. The fourth-order valence-electron chi connectivity index (χ4n) is 2.44. The summed E-state index contributed by atoms with van der Waals surface area (Å²) in [6, 6.07) is 0. The third-order valence-electron chi connectivity index (χ3n) is 3.54. The molecule has 2 aromatic rings. The quantitative estimate of drug-likeness (QED) is 0.601. The highest BCUT2D eigenvalue weighted by Gasteiger charge is 2.35. The van der Waals surface area contributed by atoms with Crippen molar-refractivity contribution in [1.82, 2.24) is 19.1 Å². The Labute approximate surface area is 113 Å². The minimum Gasteiger partial charge on any atom is -0.394 e. The molecule has 0 aliphatic carbocycles. The lowest BCUT2D eigenvalue weighted by molar-refractivity contribution is -0.0433. The van der Waals surface area contributed by atoms with Crippen LogP contribution in [0.4, 0.5) is 5.95 Å². The monoisotopic (exact) mass is 281 g/mol. The van der Waals surface area contributed by atoms with Crippen LogP contribution in [0.1, 0.15) is 12.6 Å². The number of aromatic nitrogens is 4. The largest absolute Gasteiger partial charge is 0.394 e. The highest BCUT2D eigenvalue weighted by molar-refractivity contribution is 5.71. The Balaban J connectivity index is 2.12. The van der Waals surface area contributed by atoms with Crippen molar-refractivity contribution in [2.75, 3.05) is 12.3 Å². The van der Waals surface area contributed by atoms with Gasteiger partial charge in [-0.2, -0.15) is 4.98 Å². The van der Waals surface area contributed by atoms with Crippen LogP contribution in [-0.2, 0) is 11.8 Å². The number of ether oxygens (including phenoxy) is 1. The number of nitrogens with two attached hydrogens (primary N) is 1. The van der Waals surface area contributed by atoms with E-state index in [9.17, 15) is 9.90 Å². The number of nitrogen functional groups attached to an aromatic ring is 1. The zero-order chi connectivity index (χ0) is 14.4. The molecule has 9 heteroatoms. The molecular weight excluding hydrogens is 266 g/mol. The average Bonchev–Trinajstić information content (AvgIpc) is 2.99. The summed E-state index contributed by atoms with van der Waals surface area (Å²) >= 11 is 0. The zero-order valence-electron chi connectivity index (χ0n) is 10.8.